The number of carbonyl (C=O) groups is 2. The molecule has 1 fully saturated rings. The summed E-state index contributed by atoms with van der Waals surface area (Å²) in [6.07, 6.45) is -0.347. The summed E-state index contributed by atoms with van der Waals surface area (Å²) in [4.78, 5) is 36.5. The van der Waals surface area contributed by atoms with E-state index in [9.17, 15) is 28.0 Å². The van der Waals surface area contributed by atoms with Gasteiger partial charge in [-0.2, -0.15) is 18.4 Å². The molecule has 0 unspecified atom stereocenters. The van der Waals surface area contributed by atoms with E-state index < -0.39 is 29.4 Å². The van der Waals surface area contributed by atoms with Crippen LogP contribution in [0.3, 0.4) is 0 Å². The van der Waals surface area contributed by atoms with E-state index in [1.807, 2.05) is 0 Å². The number of nitriles is 1. The van der Waals surface area contributed by atoms with Crippen molar-refractivity contribution in [2.75, 3.05) is 39.2 Å². The Bertz CT molecular complexity index is 1730. The predicted molar refractivity (Wildman–Crippen MR) is 162 cm³/mol. The molecule has 0 amide bonds. The van der Waals surface area contributed by atoms with Gasteiger partial charge in [-0.3, -0.25) is 9.69 Å². The zero-order valence-corrected chi connectivity index (χ0v) is 26.0. The normalized spacial score (nSPS) is 16.5. The standard InChI is InChI=1S/C31H33F3N6O3.CH2O2/c1-19-26(28(41)43-4)27(25-12-11-21(17-35)15-22(25)13-14-40(2,3)18-20-7-5-8-20)39-29(36-37-30(39)42)38(19)24-10-6-9-23(16-24)31(32,33)34;2-1-3/h6,9-12,15-16,20,27H,5,7-8,13-14,18H2,1-4H3;1H,(H,2,3)/p+1/t27-;/m1./s1. The summed E-state index contributed by atoms with van der Waals surface area (Å²) in [6, 6.07) is 10.9. The van der Waals surface area contributed by atoms with Crippen molar-refractivity contribution in [1.82, 2.24) is 14.8 Å². The maximum Gasteiger partial charge on any atom is 0.416 e. The number of ether oxygens (including phenoxy) is 1. The first-order valence-electron chi connectivity index (χ1n) is 14.6. The molecule has 2 heterocycles. The Morgan fingerprint density at radius 1 is 1.24 bits per heavy atom. The van der Waals surface area contributed by atoms with Crippen molar-refractivity contribution < 1.29 is 37.1 Å². The van der Waals surface area contributed by atoms with Crippen LogP contribution in [-0.2, 0) is 26.9 Å². The zero-order valence-electron chi connectivity index (χ0n) is 26.0. The van der Waals surface area contributed by atoms with E-state index in [1.165, 1.54) is 48.0 Å². The molecule has 5 rings (SSSR count). The number of allylic oxidation sites excluding steroid dienone is 1. The Labute approximate surface area is 263 Å². The van der Waals surface area contributed by atoms with Crippen LogP contribution in [0.1, 0.15) is 54.5 Å². The van der Waals surface area contributed by atoms with Gasteiger partial charge in [-0.15, -0.1) is 5.10 Å². The zero-order chi connectivity index (χ0) is 33.8. The van der Waals surface area contributed by atoms with Crippen LogP contribution in [-0.4, -0.2) is 71.1 Å². The minimum Gasteiger partial charge on any atom is -0.483 e. The summed E-state index contributed by atoms with van der Waals surface area (Å²) in [6.45, 7) is 3.12. The molecule has 0 saturated heterocycles. The summed E-state index contributed by atoms with van der Waals surface area (Å²) in [5, 5.41) is 23.2. The van der Waals surface area contributed by atoms with Gasteiger partial charge in [0.25, 0.3) is 6.47 Å². The lowest BCUT2D eigenvalue weighted by Gasteiger charge is -2.38. The Kier molecular flexibility index (Phi) is 10.1. The molecule has 2 aromatic carbocycles. The first-order chi connectivity index (χ1) is 21.8. The van der Waals surface area contributed by atoms with Gasteiger partial charge in [-0.25, -0.2) is 19.3 Å². The number of aromatic amines is 1. The van der Waals surface area contributed by atoms with Crippen LogP contribution in [0.25, 0.3) is 0 Å². The maximum atomic E-state index is 13.6. The number of carboxylic acid groups (broad SMARTS) is 1. The van der Waals surface area contributed by atoms with Gasteiger partial charge in [0.15, 0.2) is 0 Å². The summed E-state index contributed by atoms with van der Waals surface area (Å²) in [7, 11) is 5.55. The minimum absolute atomic E-state index is 0.0240. The lowest BCUT2D eigenvalue weighted by atomic mass is 9.84. The average molecular weight is 642 g/mol. The molecule has 244 valence electrons. The number of benzene rings is 2. The van der Waals surface area contributed by atoms with E-state index in [4.69, 9.17) is 14.6 Å². The molecular weight excluding hydrogens is 605 g/mol. The fourth-order valence-electron chi connectivity index (χ4n) is 6.13. The van der Waals surface area contributed by atoms with E-state index >= 15 is 0 Å². The molecule has 14 heteroatoms. The van der Waals surface area contributed by atoms with Crippen LogP contribution in [0.4, 0.5) is 24.8 Å². The number of H-pyrrole nitrogens is 1. The van der Waals surface area contributed by atoms with Gasteiger partial charge in [0.2, 0.25) is 5.95 Å². The molecule has 0 radical (unpaired) electrons. The molecule has 1 aliphatic heterocycles. The van der Waals surface area contributed by atoms with Crippen LogP contribution in [0.2, 0.25) is 0 Å². The number of fused-ring (bicyclic) bond motifs is 1. The van der Waals surface area contributed by atoms with Crippen LogP contribution in [0.15, 0.2) is 58.5 Å². The fraction of sp³-hybridized carbons (Fsp3) is 0.406. The monoisotopic (exact) mass is 641 g/mol. The van der Waals surface area contributed by atoms with E-state index in [0.29, 0.717) is 23.5 Å². The van der Waals surface area contributed by atoms with Gasteiger partial charge >= 0.3 is 17.8 Å². The van der Waals surface area contributed by atoms with Crippen LogP contribution >= 0.6 is 0 Å². The number of quaternary nitrogens is 1. The molecule has 1 atom stereocenters. The van der Waals surface area contributed by atoms with Crippen molar-refractivity contribution in [1.29, 1.82) is 5.26 Å². The molecule has 2 N–H and O–H groups in total. The lowest BCUT2D eigenvalue weighted by Crippen LogP contribution is -2.46. The number of aromatic nitrogens is 3. The Morgan fingerprint density at radius 2 is 1.93 bits per heavy atom. The lowest BCUT2D eigenvalue weighted by molar-refractivity contribution is -0.894. The minimum atomic E-state index is -4.61. The predicted octanol–water partition coefficient (Wildman–Crippen LogP) is 4.77. The molecule has 1 aromatic heterocycles. The summed E-state index contributed by atoms with van der Waals surface area (Å²) in [5.41, 5.74) is 0.694. The maximum absolute atomic E-state index is 13.6. The molecular formula is C32H36F3N6O5+. The number of nitrogens with one attached hydrogen (secondary N) is 1. The number of carbonyl (C=O) groups excluding carboxylic acids is 1. The van der Waals surface area contributed by atoms with Gasteiger partial charge in [-0.1, -0.05) is 18.6 Å². The third-order valence-corrected chi connectivity index (χ3v) is 8.51. The van der Waals surface area contributed by atoms with Gasteiger partial charge in [0, 0.05) is 23.7 Å². The number of alkyl halides is 3. The number of hydrogen-bond donors (Lipinski definition) is 2. The first-order valence-corrected chi connectivity index (χ1v) is 14.6. The summed E-state index contributed by atoms with van der Waals surface area (Å²) < 4.78 is 48.1. The Balaban J connectivity index is 0.00000154. The van der Waals surface area contributed by atoms with Crippen LogP contribution < -0.4 is 10.6 Å². The third kappa shape index (κ3) is 6.99. The van der Waals surface area contributed by atoms with Crippen LogP contribution in [0.5, 0.6) is 0 Å². The Morgan fingerprint density at radius 3 is 2.52 bits per heavy atom. The Hall–Kier alpha value is -4.90. The number of methoxy groups -OCH3 is 1. The molecule has 3 aromatic rings. The number of esters is 1. The number of halogens is 3. The number of anilines is 2. The molecule has 1 saturated carbocycles. The number of rotatable bonds is 8. The van der Waals surface area contributed by atoms with E-state index in [-0.39, 0.29) is 29.4 Å². The second-order valence-electron chi connectivity index (χ2n) is 12.0. The smallest absolute Gasteiger partial charge is 0.416 e. The number of hydrogen-bond acceptors (Lipinski definition) is 7. The quantitative estimate of drug-likeness (QED) is 0.204. The summed E-state index contributed by atoms with van der Waals surface area (Å²) >= 11 is 0. The SMILES string of the molecule is COC(=O)C1=C(C)N(c2cccc(C(F)(F)F)c2)c2n[nH]c(=O)n2[C@@H]1c1ccc(C#N)cc1CC[N+](C)(C)CC1CCC1.O=CO. The fourth-order valence-corrected chi connectivity index (χ4v) is 6.13. The number of likely N-dealkylation sites (N-methyl/N-ethyl adjacent to an activating group) is 1. The van der Waals surface area contributed by atoms with Gasteiger partial charge in [-0.05, 0) is 61.2 Å². The highest BCUT2D eigenvalue weighted by Crippen LogP contribution is 2.43. The third-order valence-electron chi connectivity index (χ3n) is 8.51. The molecule has 1 aliphatic carbocycles. The largest absolute Gasteiger partial charge is 0.483 e. The van der Waals surface area contributed by atoms with Crippen molar-refractivity contribution in [3.05, 3.63) is 86.5 Å². The van der Waals surface area contributed by atoms with Crippen molar-refractivity contribution in [3.8, 4) is 6.07 Å². The highest BCUT2D eigenvalue weighted by Gasteiger charge is 2.41. The molecule has 46 heavy (non-hydrogen) atoms. The second-order valence-corrected chi connectivity index (χ2v) is 12.0. The topological polar surface area (TPSA) is 141 Å². The molecule has 2 aliphatic rings. The van der Waals surface area contributed by atoms with E-state index in [1.54, 1.807) is 25.1 Å². The van der Waals surface area contributed by atoms with E-state index in [2.05, 4.69) is 30.4 Å². The average Bonchev–Trinajstić information content (AvgIpc) is 3.37. The van der Waals surface area contributed by atoms with Crippen molar-refractivity contribution >= 4 is 24.1 Å². The van der Waals surface area contributed by atoms with Gasteiger partial charge in [0.1, 0.15) is 6.04 Å². The molecule has 0 bridgehead atoms. The van der Waals surface area contributed by atoms with Crippen LogP contribution in [0, 0.1) is 17.2 Å². The summed E-state index contributed by atoms with van der Waals surface area (Å²) in [5.74, 6) is -0.0332. The molecule has 0 spiro atoms. The van der Waals surface area contributed by atoms with Gasteiger partial charge < -0.3 is 14.3 Å². The van der Waals surface area contributed by atoms with Crippen molar-refractivity contribution in [2.24, 2.45) is 5.92 Å². The van der Waals surface area contributed by atoms with Gasteiger partial charge in [0.05, 0.1) is 57.1 Å². The second kappa shape index (κ2) is 13.6. The van der Waals surface area contributed by atoms with Crippen molar-refractivity contribution in [3.63, 3.8) is 0 Å². The first kappa shape index (κ1) is 34.0. The highest BCUT2D eigenvalue weighted by molar-refractivity contribution is 5.93. The number of nitrogens with zero attached hydrogens (tertiary/aromatic N) is 5. The highest BCUT2D eigenvalue weighted by atomic mass is 19.4. The molecule has 11 nitrogen and oxygen atoms in total. The van der Waals surface area contributed by atoms with Crippen molar-refractivity contribution in [2.45, 2.75) is 44.8 Å². The van der Waals surface area contributed by atoms with E-state index in [0.717, 1.165) is 35.3 Å².